The molecule has 0 aromatic rings. The molecule has 1 heterocycles. The number of rotatable bonds is 4. The van der Waals surface area contributed by atoms with Gasteiger partial charge in [-0.05, 0) is 32.4 Å². The van der Waals surface area contributed by atoms with Gasteiger partial charge in [0.15, 0.2) is 0 Å². The summed E-state index contributed by atoms with van der Waals surface area (Å²) in [4.78, 5) is 14.0. The van der Waals surface area contributed by atoms with Crippen molar-refractivity contribution in [3.8, 4) is 0 Å². The van der Waals surface area contributed by atoms with E-state index in [0.29, 0.717) is 6.04 Å². The fourth-order valence-electron chi connectivity index (χ4n) is 2.04. The summed E-state index contributed by atoms with van der Waals surface area (Å²) in [6.45, 7) is 5.81. The van der Waals surface area contributed by atoms with E-state index in [0.717, 1.165) is 13.1 Å². The van der Waals surface area contributed by atoms with Crippen LogP contribution >= 0.6 is 0 Å². The standard InChI is InChI=1S/C12H25N3O/c1-9(2)11(13)12(16)14-8-10-6-4-5-7-15(10)3/h9-11H,4-8,13H2,1-3H3,(H,14,16)/t10-,11-/m0/s1. The Labute approximate surface area is 98.6 Å². The van der Waals surface area contributed by atoms with Crippen LogP contribution in [0.25, 0.3) is 0 Å². The SMILES string of the molecule is CC(C)[C@H](N)C(=O)NC[C@@H]1CCCCN1C. The molecular formula is C12H25N3O. The average Bonchev–Trinajstić information content (AvgIpc) is 2.26. The fourth-order valence-corrected chi connectivity index (χ4v) is 2.04. The van der Waals surface area contributed by atoms with Crippen LogP contribution in [0.1, 0.15) is 33.1 Å². The van der Waals surface area contributed by atoms with E-state index in [1.54, 1.807) is 0 Å². The number of hydrogen-bond acceptors (Lipinski definition) is 3. The molecule has 0 aromatic carbocycles. The number of nitrogens with zero attached hydrogens (tertiary/aromatic N) is 1. The summed E-state index contributed by atoms with van der Waals surface area (Å²) < 4.78 is 0. The molecule has 94 valence electrons. The Hall–Kier alpha value is -0.610. The quantitative estimate of drug-likeness (QED) is 0.738. The highest BCUT2D eigenvalue weighted by molar-refractivity contribution is 5.81. The van der Waals surface area contributed by atoms with E-state index in [2.05, 4.69) is 17.3 Å². The number of hydrogen-bond donors (Lipinski definition) is 2. The van der Waals surface area contributed by atoms with Gasteiger partial charge in [0, 0.05) is 12.6 Å². The van der Waals surface area contributed by atoms with Gasteiger partial charge in [-0.15, -0.1) is 0 Å². The van der Waals surface area contributed by atoms with Crippen molar-refractivity contribution in [2.24, 2.45) is 11.7 Å². The first-order chi connectivity index (χ1) is 7.52. The van der Waals surface area contributed by atoms with Crippen LogP contribution < -0.4 is 11.1 Å². The summed E-state index contributed by atoms with van der Waals surface area (Å²) in [5, 5.41) is 2.96. The van der Waals surface area contributed by atoms with Crippen molar-refractivity contribution < 1.29 is 4.79 Å². The zero-order valence-electron chi connectivity index (χ0n) is 10.7. The lowest BCUT2D eigenvalue weighted by molar-refractivity contribution is -0.123. The molecule has 1 rings (SSSR count). The second kappa shape index (κ2) is 6.21. The van der Waals surface area contributed by atoms with Crippen molar-refractivity contribution in [3.05, 3.63) is 0 Å². The molecule has 1 aliphatic rings. The van der Waals surface area contributed by atoms with Crippen molar-refractivity contribution in [2.75, 3.05) is 20.1 Å². The Morgan fingerprint density at radius 2 is 2.19 bits per heavy atom. The first kappa shape index (κ1) is 13.5. The maximum absolute atomic E-state index is 11.7. The van der Waals surface area contributed by atoms with Crippen LogP contribution in [-0.4, -0.2) is 43.0 Å². The zero-order chi connectivity index (χ0) is 12.1. The molecule has 0 saturated carbocycles. The molecule has 3 N–H and O–H groups in total. The molecule has 0 aromatic heterocycles. The molecule has 0 bridgehead atoms. The monoisotopic (exact) mass is 227 g/mol. The highest BCUT2D eigenvalue weighted by atomic mass is 16.2. The Balaban J connectivity index is 2.30. The summed E-state index contributed by atoms with van der Waals surface area (Å²) >= 11 is 0. The summed E-state index contributed by atoms with van der Waals surface area (Å²) in [5.74, 6) is 0.179. The Kier molecular flexibility index (Phi) is 5.22. The van der Waals surface area contributed by atoms with E-state index in [9.17, 15) is 4.79 Å². The van der Waals surface area contributed by atoms with Crippen LogP contribution in [0.15, 0.2) is 0 Å². The molecule has 1 fully saturated rings. The van der Waals surface area contributed by atoms with Crippen molar-refractivity contribution in [2.45, 2.75) is 45.2 Å². The van der Waals surface area contributed by atoms with Gasteiger partial charge in [0.1, 0.15) is 0 Å². The van der Waals surface area contributed by atoms with Gasteiger partial charge < -0.3 is 16.0 Å². The smallest absolute Gasteiger partial charge is 0.237 e. The Morgan fingerprint density at radius 3 is 2.75 bits per heavy atom. The summed E-state index contributed by atoms with van der Waals surface area (Å²) in [5.41, 5.74) is 5.78. The van der Waals surface area contributed by atoms with E-state index >= 15 is 0 Å². The van der Waals surface area contributed by atoms with Gasteiger partial charge in [-0.1, -0.05) is 20.3 Å². The number of amides is 1. The van der Waals surface area contributed by atoms with Crippen LogP contribution in [-0.2, 0) is 4.79 Å². The number of carbonyl (C=O) groups excluding carboxylic acids is 1. The molecule has 1 amide bonds. The molecule has 0 aliphatic carbocycles. The molecule has 1 aliphatic heterocycles. The van der Waals surface area contributed by atoms with Gasteiger partial charge >= 0.3 is 0 Å². The summed E-state index contributed by atoms with van der Waals surface area (Å²) in [6, 6.07) is 0.103. The van der Waals surface area contributed by atoms with Crippen molar-refractivity contribution >= 4 is 5.91 Å². The van der Waals surface area contributed by atoms with Gasteiger partial charge in [-0.3, -0.25) is 4.79 Å². The molecule has 4 heteroatoms. The van der Waals surface area contributed by atoms with Crippen LogP contribution in [0.2, 0.25) is 0 Å². The molecule has 0 unspecified atom stereocenters. The third kappa shape index (κ3) is 3.76. The van der Waals surface area contributed by atoms with Crippen molar-refractivity contribution in [3.63, 3.8) is 0 Å². The highest BCUT2D eigenvalue weighted by Gasteiger charge is 2.21. The number of likely N-dealkylation sites (tertiary alicyclic amines) is 1. The van der Waals surface area contributed by atoms with E-state index in [-0.39, 0.29) is 17.9 Å². The summed E-state index contributed by atoms with van der Waals surface area (Å²) in [7, 11) is 2.12. The van der Waals surface area contributed by atoms with Crippen molar-refractivity contribution in [1.82, 2.24) is 10.2 Å². The largest absolute Gasteiger partial charge is 0.353 e. The first-order valence-corrected chi connectivity index (χ1v) is 6.26. The van der Waals surface area contributed by atoms with Crippen LogP contribution in [0.3, 0.4) is 0 Å². The second-order valence-electron chi connectivity index (χ2n) is 5.15. The molecule has 2 atom stereocenters. The maximum Gasteiger partial charge on any atom is 0.237 e. The van der Waals surface area contributed by atoms with Crippen LogP contribution in [0.4, 0.5) is 0 Å². The minimum Gasteiger partial charge on any atom is -0.353 e. The predicted molar refractivity (Wildman–Crippen MR) is 66.1 cm³/mol. The van der Waals surface area contributed by atoms with Crippen LogP contribution in [0, 0.1) is 5.92 Å². The van der Waals surface area contributed by atoms with E-state index in [1.165, 1.54) is 19.3 Å². The molecule has 0 spiro atoms. The number of piperidine rings is 1. The van der Waals surface area contributed by atoms with E-state index in [1.807, 2.05) is 13.8 Å². The molecule has 1 saturated heterocycles. The highest BCUT2D eigenvalue weighted by Crippen LogP contribution is 2.14. The average molecular weight is 227 g/mol. The Morgan fingerprint density at radius 1 is 1.50 bits per heavy atom. The molecule has 16 heavy (non-hydrogen) atoms. The third-order valence-electron chi connectivity index (χ3n) is 3.45. The molecular weight excluding hydrogens is 202 g/mol. The van der Waals surface area contributed by atoms with E-state index in [4.69, 9.17) is 5.73 Å². The predicted octanol–water partition coefficient (Wildman–Crippen LogP) is 0.570. The first-order valence-electron chi connectivity index (χ1n) is 6.26. The van der Waals surface area contributed by atoms with Gasteiger partial charge in [0.2, 0.25) is 5.91 Å². The lowest BCUT2D eigenvalue weighted by Crippen LogP contribution is -2.49. The normalized spacial score (nSPS) is 24.4. The second-order valence-corrected chi connectivity index (χ2v) is 5.15. The van der Waals surface area contributed by atoms with Gasteiger partial charge in [-0.2, -0.15) is 0 Å². The minimum absolute atomic E-state index is 0.0195. The summed E-state index contributed by atoms with van der Waals surface area (Å²) in [6.07, 6.45) is 3.71. The molecule has 0 radical (unpaired) electrons. The number of carbonyl (C=O) groups is 1. The third-order valence-corrected chi connectivity index (χ3v) is 3.45. The minimum atomic E-state index is -0.381. The van der Waals surface area contributed by atoms with Gasteiger partial charge in [-0.25, -0.2) is 0 Å². The van der Waals surface area contributed by atoms with Crippen LogP contribution in [0.5, 0.6) is 0 Å². The Bertz CT molecular complexity index is 230. The maximum atomic E-state index is 11.7. The van der Waals surface area contributed by atoms with E-state index < -0.39 is 0 Å². The number of likely N-dealkylation sites (N-methyl/N-ethyl adjacent to an activating group) is 1. The molecule has 4 nitrogen and oxygen atoms in total. The topological polar surface area (TPSA) is 58.4 Å². The lowest BCUT2D eigenvalue weighted by atomic mass is 10.0. The van der Waals surface area contributed by atoms with Crippen molar-refractivity contribution in [1.29, 1.82) is 0 Å². The zero-order valence-corrected chi connectivity index (χ0v) is 10.7. The number of nitrogens with two attached hydrogens (primary N) is 1. The number of nitrogens with one attached hydrogen (secondary N) is 1. The fraction of sp³-hybridized carbons (Fsp3) is 0.917. The van der Waals surface area contributed by atoms with Gasteiger partial charge in [0.05, 0.1) is 6.04 Å². The lowest BCUT2D eigenvalue weighted by Gasteiger charge is -2.32. The van der Waals surface area contributed by atoms with Gasteiger partial charge in [0.25, 0.3) is 0 Å².